The molecule has 0 radical (unpaired) electrons. The molecule has 0 saturated heterocycles. The molecule has 0 unspecified atom stereocenters. The van der Waals surface area contributed by atoms with Gasteiger partial charge in [-0.15, -0.1) is 0 Å². The van der Waals surface area contributed by atoms with E-state index in [9.17, 15) is 4.79 Å². The van der Waals surface area contributed by atoms with E-state index in [0.717, 1.165) is 55.6 Å². The third kappa shape index (κ3) is 5.05. The number of ether oxygens (including phenoxy) is 1. The maximum Gasteiger partial charge on any atom is 0.248 e. The Kier molecular flexibility index (Phi) is 6.65. The number of fused-ring (bicyclic) bond motifs is 1. The number of allylic oxidation sites excluding steroid dienone is 1. The molecule has 4 aromatic carbocycles. The van der Waals surface area contributed by atoms with E-state index in [1.165, 1.54) is 5.56 Å². The monoisotopic (exact) mass is 487 g/mol. The minimum absolute atomic E-state index is 0.183. The molecule has 37 heavy (non-hydrogen) atoms. The van der Waals surface area contributed by atoms with Crippen LogP contribution < -0.4 is 10.1 Å². The minimum Gasteiger partial charge on any atom is -0.496 e. The van der Waals surface area contributed by atoms with E-state index in [4.69, 9.17) is 9.15 Å². The molecule has 4 nitrogen and oxygen atoms in total. The number of aryl methyl sites for hydroxylation is 2. The lowest BCUT2D eigenvalue weighted by Gasteiger charge is -2.11. The van der Waals surface area contributed by atoms with Crippen molar-refractivity contribution < 1.29 is 13.9 Å². The number of hydrogen-bond acceptors (Lipinski definition) is 3. The summed E-state index contributed by atoms with van der Waals surface area (Å²) < 4.78 is 11.6. The smallest absolute Gasteiger partial charge is 0.248 e. The zero-order valence-corrected chi connectivity index (χ0v) is 21.5. The second-order valence-corrected chi connectivity index (χ2v) is 9.28. The molecule has 5 aromatic rings. The quantitative estimate of drug-likeness (QED) is 0.245. The fourth-order valence-electron chi connectivity index (χ4n) is 4.54. The van der Waals surface area contributed by atoms with Crippen molar-refractivity contribution in [3.05, 3.63) is 114 Å². The molecule has 1 N–H and O–H groups in total. The SMILES string of the molecule is COc1cc2occ(-c3ccc(-c4ccccc4)cc3)c2cc1/C(C)=C/C(=O)Nc1cc(C)ccc1C. The summed E-state index contributed by atoms with van der Waals surface area (Å²) in [7, 11) is 1.63. The van der Waals surface area contributed by atoms with Crippen molar-refractivity contribution in [3.63, 3.8) is 0 Å². The highest BCUT2D eigenvalue weighted by atomic mass is 16.5. The molecule has 4 heteroatoms. The number of benzene rings is 4. The minimum atomic E-state index is -0.183. The molecule has 1 heterocycles. The van der Waals surface area contributed by atoms with Gasteiger partial charge >= 0.3 is 0 Å². The van der Waals surface area contributed by atoms with Crippen molar-refractivity contribution in [2.75, 3.05) is 12.4 Å². The van der Waals surface area contributed by atoms with Crippen LogP contribution in [0.3, 0.4) is 0 Å². The van der Waals surface area contributed by atoms with Gasteiger partial charge in [-0.25, -0.2) is 0 Å². The van der Waals surface area contributed by atoms with E-state index in [0.29, 0.717) is 5.75 Å². The molecular weight excluding hydrogens is 458 g/mol. The Bertz CT molecular complexity index is 1610. The standard InChI is InChI=1S/C33H29NO3/c1-21-10-11-22(2)30(16-21)34-33(35)17-23(3)27-18-28-29(20-37-32(28)19-31(27)36-4)26-14-12-25(13-15-26)24-8-6-5-7-9-24/h5-20H,1-4H3,(H,34,35)/b23-17+. The lowest BCUT2D eigenvalue weighted by atomic mass is 9.97. The Balaban J connectivity index is 1.48. The number of methoxy groups -OCH3 is 1. The van der Waals surface area contributed by atoms with Gasteiger partial charge in [0.25, 0.3) is 0 Å². The van der Waals surface area contributed by atoms with Gasteiger partial charge < -0.3 is 14.5 Å². The van der Waals surface area contributed by atoms with Gasteiger partial charge in [0.05, 0.1) is 13.4 Å². The van der Waals surface area contributed by atoms with Crippen molar-refractivity contribution in [3.8, 4) is 28.0 Å². The number of amides is 1. The van der Waals surface area contributed by atoms with Gasteiger partial charge in [-0.1, -0.05) is 66.7 Å². The van der Waals surface area contributed by atoms with E-state index in [-0.39, 0.29) is 5.91 Å². The lowest BCUT2D eigenvalue weighted by Crippen LogP contribution is -2.10. The largest absolute Gasteiger partial charge is 0.496 e. The summed E-state index contributed by atoms with van der Waals surface area (Å²) in [4.78, 5) is 12.9. The second kappa shape index (κ2) is 10.2. The number of anilines is 1. The average molecular weight is 488 g/mol. The van der Waals surface area contributed by atoms with E-state index >= 15 is 0 Å². The molecular formula is C33H29NO3. The van der Waals surface area contributed by atoms with Crippen LogP contribution in [0, 0.1) is 13.8 Å². The van der Waals surface area contributed by atoms with Crippen molar-refractivity contribution in [2.45, 2.75) is 20.8 Å². The fourth-order valence-corrected chi connectivity index (χ4v) is 4.54. The number of hydrogen-bond donors (Lipinski definition) is 1. The third-order valence-electron chi connectivity index (χ3n) is 6.62. The fraction of sp³-hybridized carbons (Fsp3) is 0.121. The van der Waals surface area contributed by atoms with Crippen LogP contribution in [-0.4, -0.2) is 13.0 Å². The highest BCUT2D eigenvalue weighted by Gasteiger charge is 2.15. The van der Waals surface area contributed by atoms with E-state index in [1.54, 1.807) is 19.4 Å². The number of carbonyl (C=O) groups is 1. The van der Waals surface area contributed by atoms with Crippen LogP contribution in [-0.2, 0) is 4.79 Å². The molecule has 0 aliphatic rings. The number of rotatable bonds is 6. The Morgan fingerprint density at radius 3 is 2.30 bits per heavy atom. The Hall–Kier alpha value is -4.57. The molecule has 1 aromatic heterocycles. The van der Waals surface area contributed by atoms with E-state index in [2.05, 4.69) is 41.7 Å². The first-order valence-electron chi connectivity index (χ1n) is 12.2. The van der Waals surface area contributed by atoms with Crippen LogP contribution in [0.1, 0.15) is 23.6 Å². The van der Waals surface area contributed by atoms with Gasteiger partial charge in [0.2, 0.25) is 5.91 Å². The highest BCUT2D eigenvalue weighted by molar-refractivity contribution is 6.05. The topological polar surface area (TPSA) is 51.5 Å². The zero-order valence-electron chi connectivity index (χ0n) is 21.5. The van der Waals surface area contributed by atoms with Crippen LogP contribution in [0.25, 0.3) is 38.8 Å². The van der Waals surface area contributed by atoms with Gasteiger partial charge in [-0.05, 0) is 66.3 Å². The molecule has 0 aliphatic heterocycles. The summed E-state index contributed by atoms with van der Waals surface area (Å²) in [6.45, 7) is 5.91. The van der Waals surface area contributed by atoms with Crippen LogP contribution >= 0.6 is 0 Å². The number of carbonyl (C=O) groups excluding carboxylic acids is 1. The first-order chi connectivity index (χ1) is 17.9. The molecule has 1 amide bonds. The lowest BCUT2D eigenvalue weighted by molar-refractivity contribution is -0.111. The molecule has 0 aliphatic carbocycles. The maximum atomic E-state index is 12.9. The second-order valence-electron chi connectivity index (χ2n) is 9.28. The highest BCUT2D eigenvalue weighted by Crippen LogP contribution is 2.38. The van der Waals surface area contributed by atoms with Crippen molar-refractivity contribution in [2.24, 2.45) is 0 Å². The zero-order chi connectivity index (χ0) is 25.9. The normalized spacial score (nSPS) is 11.5. The summed E-state index contributed by atoms with van der Waals surface area (Å²) in [5, 5.41) is 3.97. The predicted octanol–water partition coefficient (Wildman–Crippen LogP) is 8.43. The molecule has 0 spiro atoms. The maximum absolute atomic E-state index is 12.9. The summed E-state index contributed by atoms with van der Waals surface area (Å²) in [5.74, 6) is 0.471. The number of nitrogens with one attached hydrogen (secondary N) is 1. The first-order valence-corrected chi connectivity index (χ1v) is 12.2. The van der Waals surface area contributed by atoms with Crippen LogP contribution in [0.4, 0.5) is 5.69 Å². The van der Waals surface area contributed by atoms with Crippen LogP contribution in [0.2, 0.25) is 0 Å². The van der Waals surface area contributed by atoms with Crippen molar-refractivity contribution in [1.29, 1.82) is 0 Å². The molecule has 5 rings (SSSR count). The van der Waals surface area contributed by atoms with E-state index in [1.807, 2.05) is 69.3 Å². The molecule has 0 saturated carbocycles. The average Bonchev–Trinajstić information content (AvgIpc) is 3.33. The van der Waals surface area contributed by atoms with Gasteiger partial charge in [0, 0.05) is 34.3 Å². The van der Waals surface area contributed by atoms with Crippen LogP contribution in [0.5, 0.6) is 5.75 Å². The molecule has 0 fully saturated rings. The van der Waals surface area contributed by atoms with Crippen molar-refractivity contribution >= 4 is 28.1 Å². The Morgan fingerprint density at radius 1 is 0.865 bits per heavy atom. The van der Waals surface area contributed by atoms with Gasteiger partial charge in [0.15, 0.2) is 0 Å². The van der Waals surface area contributed by atoms with Gasteiger partial charge in [-0.2, -0.15) is 0 Å². The first kappa shape index (κ1) is 24.1. The van der Waals surface area contributed by atoms with Crippen LogP contribution in [0.15, 0.2) is 102 Å². The predicted molar refractivity (Wildman–Crippen MR) is 152 cm³/mol. The Labute approximate surface area is 217 Å². The number of furan rings is 1. The summed E-state index contributed by atoms with van der Waals surface area (Å²) in [6, 6.07) is 28.7. The molecule has 0 atom stereocenters. The van der Waals surface area contributed by atoms with Gasteiger partial charge in [0.1, 0.15) is 11.3 Å². The summed E-state index contributed by atoms with van der Waals surface area (Å²) in [6.07, 6.45) is 3.39. The summed E-state index contributed by atoms with van der Waals surface area (Å²) >= 11 is 0. The molecule has 0 bridgehead atoms. The van der Waals surface area contributed by atoms with Crippen molar-refractivity contribution in [1.82, 2.24) is 0 Å². The van der Waals surface area contributed by atoms with Gasteiger partial charge in [-0.3, -0.25) is 4.79 Å². The Morgan fingerprint density at radius 2 is 1.57 bits per heavy atom. The van der Waals surface area contributed by atoms with E-state index < -0.39 is 0 Å². The molecule has 184 valence electrons. The third-order valence-corrected chi connectivity index (χ3v) is 6.62. The summed E-state index contributed by atoms with van der Waals surface area (Å²) in [5.41, 5.74) is 9.69.